The number of rotatable bonds is 1. The Hall–Kier alpha value is -0.930. The predicted molar refractivity (Wildman–Crippen MR) is 72.7 cm³/mol. The molecule has 17 heavy (non-hydrogen) atoms. The topological polar surface area (TPSA) is 32.5 Å². The van der Waals surface area contributed by atoms with Crippen LogP contribution in [0.15, 0.2) is 18.2 Å². The average molecular weight is 252 g/mol. The normalized spacial score (nSPS) is 25.0. The largest absolute Gasteiger partial charge is 0.396 e. The Morgan fingerprint density at radius 3 is 3.00 bits per heavy atom. The van der Waals surface area contributed by atoms with E-state index in [1.54, 1.807) is 0 Å². The van der Waals surface area contributed by atoms with Gasteiger partial charge in [0.15, 0.2) is 0 Å². The Morgan fingerprint density at radius 2 is 2.12 bits per heavy atom. The molecule has 0 amide bonds. The van der Waals surface area contributed by atoms with Gasteiger partial charge in [0.05, 0.1) is 16.4 Å². The van der Waals surface area contributed by atoms with Gasteiger partial charge in [-0.3, -0.25) is 4.90 Å². The van der Waals surface area contributed by atoms with Crippen LogP contribution in [0.1, 0.15) is 12.8 Å². The Labute approximate surface area is 107 Å². The maximum absolute atomic E-state index is 6.08. The molecule has 1 aromatic rings. The van der Waals surface area contributed by atoms with Gasteiger partial charge in [-0.05, 0) is 31.5 Å². The van der Waals surface area contributed by atoms with E-state index in [-0.39, 0.29) is 0 Å². The molecule has 3 rings (SSSR count). The first-order chi connectivity index (χ1) is 8.25. The Bertz CT molecular complexity index is 421. The second kappa shape index (κ2) is 4.39. The molecule has 4 heteroatoms. The summed E-state index contributed by atoms with van der Waals surface area (Å²) in [4.78, 5) is 4.98. The smallest absolute Gasteiger partial charge is 0.0741 e. The fourth-order valence-electron chi connectivity index (χ4n) is 3.01. The summed E-state index contributed by atoms with van der Waals surface area (Å²) < 4.78 is 0. The number of nitrogen functional groups attached to an aromatic ring is 1. The zero-order chi connectivity index (χ0) is 11.8. The summed E-state index contributed by atoms with van der Waals surface area (Å²) >= 11 is 6.08. The molecular weight excluding hydrogens is 234 g/mol. The minimum absolute atomic E-state index is 0.663. The molecule has 1 aromatic carbocycles. The molecule has 2 aliphatic heterocycles. The number of halogens is 1. The molecule has 2 aliphatic rings. The average Bonchev–Trinajstić information content (AvgIpc) is 2.79. The van der Waals surface area contributed by atoms with Crippen molar-refractivity contribution in [2.24, 2.45) is 0 Å². The highest BCUT2D eigenvalue weighted by Gasteiger charge is 2.31. The minimum atomic E-state index is 0.663. The Morgan fingerprint density at radius 1 is 1.24 bits per heavy atom. The van der Waals surface area contributed by atoms with E-state index in [0.717, 1.165) is 31.0 Å². The number of fused-ring (bicyclic) bond motifs is 1. The number of nitrogens with zero attached hydrogens (tertiary/aromatic N) is 2. The summed E-state index contributed by atoms with van der Waals surface area (Å²) in [5, 5.41) is 0.663. The van der Waals surface area contributed by atoms with Crippen LogP contribution in [-0.2, 0) is 0 Å². The van der Waals surface area contributed by atoms with Crippen molar-refractivity contribution < 1.29 is 0 Å². The molecule has 0 radical (unpaired) electrons. The van der Waals surface area contributed by atoms with E-state index in [1.165, 1.54) is 19.4 Å². The number of hydrogen-bond acceptors (Lipinski definition) is 3. The van der Waals surface area contributed by atoms with E-state index in [4.69, 9.17) is 17.3 Å². The quantitative estimate of drug-likeness (QED) is 0.777. The molecule has 2 heterocycles. The van der Waals surface area contributed by atoms with E-state index < -0.39 is 0 Å². The molecule has 92 valence electrons. The maximum Gasteiger partial charge on any atom is 0.0741 e. The van der Waals surface area contributed by atoms with Crippen molar-refractivity contribution in [3.8, 4) is 0 Å². The lowest BCUT2D eigenvalue weighted by atomic mass is 10.1. The highest BCUT2D eigenvalue weighted by molar-refractivity contribution is 6.33. The summed E-state index contributed by atoms with van der Waals surface area (Å²) in [5.41, 5.74) is 7.89. The van der Waals surface area contributed by atoms with Crippen molar-refractivity contribution in [3.63, 3.8) is 0 Å². The number of benzene rings is 1. The van der Waals surface area contributed by atoms with Crippen LogP contribution in [0.3, 0.4) is 0 Å². The van der Waals surface area contributed by atoms with Crippen molar-refractivity contribution >= 4 is 23.0 Å². The summed E-state index contributed by atoms with van der Waals surface area (Å²) in [6, 6.07) is 6.62. The molecule has 2 fully saturated rings. The van der Waals surface area contributed by atoms with Crippen LogP contribution in [0, 0.1) is 0 Å². The van der Waals surface area contributed by atoms with Gasteiger partial charge in [0.25, 0.3) is 0 Å². The molecule has 0 saturated carbocycles. The van der Waals surface area contributed by atoms with Crippen LogP contribution in [0.4, 0.5) is 11.4 Å². The van der Waals surface area contributed by atoms with Crippen LogP contribution < -0.4 is 10.6 Å². The third kappa shape index (κ3) is 1.98. The van der Waals surface area contributed by atoms with Gasteiger partial charge in [0.1, 0.15) is 0 Å². The van der Waals surface area contributed by atoms with E-state index >= 15 is 0 Å². The third-order valence-electron chi connectivity index (χ3n) is 3.96. The molecule has 2 N–H and O–H groups in total. The highest BCUT2D eigenvalue weighted by Crippen LogP contribution is 2.32. The lowest BCUT2D eigenvalue weighted by molar-refractivity contribution is 0.231. The molecule has 0 bridgehead atoms. The first-order valence-corrected chi connectivity index (χ1v) is 6.66. The second-order valence-electron chi connectivity index (χ2n) is 4.95. The van der Waals surface area contributed by atoms with Gasteiger partial charge in [-0.1, -0.05) is 17.7 Å². The second-order valence-corrected chi connectivity index (χ2v) is 5.36. The van der Waals surface area contributed by atoms with Gasteiger partial charge >= 0.3 is 0 Å². The monoisotopic (exact) mass is 251 g/mol. The van der Waals surface area contributed by atoms with Crippen LogP contribution in [0.2, 0.25) is 5.02 Å². The number of piperazine rings is 1. The standard InChI is InChI=1S/C13H18ClN3/c14-11-4-1-5-12(13(11)15)17-8-7-16-6-2-3-10(16)9-17/h1,4-5,10H,2-3,6-9,15H2. The lowest BCUT2D eigenvalue weighted by Crippen LogP contribution is -2.50. The highest BCUT2D eigenvalue weighted by atomic mass is 35.5. The molecule has 1 atom stereocenters. The fourth-order valence-corrected chi connectivity index (χ4v) is 3.18. The SMILES string of the molecule is Nc1c(Cl)cccc1N1CCN2CCCC2C1. The Kier molecular flexibility index (Phi) is 2.89. The summed E-state index contributed by atoms with van der Waals surface area (Å²) in [7, 11) is 0. The first kappa shape index (κ1) is 11.2. The van der Waals surface area contributed by atoms with Crippen molar-refractivity contribution in [1.82, 2.24) is 4.90 Å². The van der Waals surface area contributed by atoms with Crippen molar-refractivity contribution in [2.45, 2.75) is 18.9 Å². The lowest BCUT2D eigenvalue weighted by Gasteiger charge is -2.39. The maximum atomic E-state index is 6.08. The molecule has 1 unspecified atom stereocenters. The molecular formula is C13H18ClN3. The predicted octanol–water partition coefficient (Wildman–Crippen LogP) is 2.21. The van der Waals surface area contributed by atoms with Crippen molar-refractivity contribution in [3.05, 3.63) is 23.2 Å². The molecule has 0 aliphatic carbocycles. The van der Waals surface area contributed by atoms with Gasteiger partial charge in [-0.2, -0.15) is 0 Å². The fraction of sp³-hybridized carbons (Fsp3) is 0.538. The zero-order valence-corrected chi connectivity index (χ0v) is 10.7. The molecule has 0 spiro atoms. The summed E-state index contributed by atoms with van der Waals surface area (Å²) in [6.45, 7) is 4.56. The minimum Gasteiger partial charge on any atom is -0.396 e. The third-order valence-corrected chi connectivity index (χ3v) is 4.29. The molecule has 0 aromatic heterocycles. The van der Waals surface area contributed by atoms with Crippen molar-refractivity contribution in [2.75, 3.05) is 36.8 Å². The van der Waals surface area contributed by atoms with Crippen LogP contribution in [0.25, 0.3) is 0 Å². The number of para-hydroxylation sites is 1. The van der Waals surface area contributed by atoms with Gasteiger partial charge < -0.3 is 10.6 Å². The van der Waals surface area contributed by atoms with Crippen LogP contribution >= 0.6 is 11.6 Å². The van der Waals surface area contributed by atoms with Gasteiger partial charge in [0, 0.05) is 25.7 Å². The van der Waals surface area contributed by atoms with Gasteiger partial charge in [-0.25, -0.2) is 0 Å². The summed E-state index contributed by atoms with van der Waals surface area (Å²) in [5.74, 6) is 0. The molecule has 3 nitrogen and oxygen atoms in total. The van der Waals surface area contributed by atoms with Crippen LogP contribution in [-0.4, -0.2) is 37.1 Å². The Balaban J connectivity index is 1.82. The number of anilines is 2. The summed E-state index contributed by atoms with van der Waals surface area (Å²) in [6.07, 6.45) is 2.65. The van der Waals surface area contributed by atoms with Gasteiger partial charge in [-0.15, -0.1) is 0 Å². The van der Waals surface area contributed by atoms with Crippen molar-refractivity contribution in [1.29, 1.82) is 0 Å². The van der Waals surface area contributed by atoms with E-state index in [0.29, 0.717) is 11.1 Å². The van der Waals surface area contributed by atoms with E-state index in [2.05, 4.69) is 15.9 Å². The van der Waals surface area contributed by atoms with E-state index in [1.807, 2.05) is 12.1 Å². The van der Waals surface area contributed by atoms with Gasteiger partial charge in [0.2, 0.25) is 0 Å². The molecule has 2 saturated heterocycles. The first-order valence-electron chi connectivity index (χ1n) is 6.28. The number of hydrogen-bond donors (Lipinski definition) is 1. The number of nitrogens with two attached hydrogens (primary N) is 1. The zero-order valence-electron chi connectivity index (χ0n) is 9.90. The van der Waals surface area contributed by atoms with E-state index in [9.17, 15) is 0 Å². The van der Waals surface area contributed by atoms with Crippen LogP contribution in [0.5, 0.6) is 0 Å².